The van der Waals surface area contributed by atoms with E-state index in [1.807, 2.05) is 12.1 Å². The van der Waals surface area contributed by atoms with Crippen LogP contribution in [-0.4, -0.2) is 65.7 Å². The molecule has 0 atom stereocenters. The number of amides is 1. The molecule has 10 heteroatoms. The lowest BCUT2D eigenvalue weighted by atomic mass is 10.1. The molecule has 9 nitrogen and oxygen atoms in total. The van der Waals surface area contributed by atoms with Crippen LogP contribution < -0.4 is 14.8 Å². The maximum atomic E-state index is 12.9. The molecule has 2 aliphatic heterocycles. The van der Waals surface area contributed by atoms with Gasteiger partial charge >= 0.3 is 0 Å². The zero-order valence-corrected chi connectivity index (χ0v) is 19.0. The van der Waals surface area contributed by atoms with Crippen molar-refractivity contribution >= 4 is 46.0 Å². The Labute approximate surface area is 196 Å². The number of piperazine rings is 1. The second-order valence-corrected chi connectivity index (χ2v) is 8.60. The Morgan fingerprint density at radius 2 is 1.73 bits per heavy atom. The molecule has 168 valence electrons. The van der Waals surface area contributed by atoms with E-state index in [-0.39, 0.29) is 12.3 Å². The molecule has 5 rings (SSSR count). The third kappa shape index (κ3) is 4.64. The number of hydrazone groups is 1. The molecule has 1 fully saturated rings. The molecule has 3 heterocycles. The van der Waals surface area contributed by atoms with E-state index in [9.17, 15) is 4.79 Å². The highest BCUT2D eigenvalue weighted by atomic mass is 35.5. The van der Waals surface area contributed by atoms with Crippen LogP contribution >= 0.6 is 11.6 Å². The van der Waals surface area contributed by atoms with Crippen molar-refractivity contribution in [3.63, 3.8) is 0 Å². The summed E-state index contributed by atoms with van der Waals surface area (Å²) in [5.74, 6) is 0.271. The van der Waals surface area contributed by atoms with Crippen LogP contribution in [0.15, 0.2) is 65.0 Å². The predicted molar refractivity (Wildman–Crippen MR) is 129 cm³/mol. The number of nitrogens with zero attached hydrogens (tertiary/aromatic N) is 6. The molecule has 0 spiro atoms. The van der Waals surface area contributed by atoms with Gasteiger partial charge in [0.05, 0.1) is 56.7 Å². The maximum absolute atomic E-state index is 12.9. The van der Waals surface area contributed by atoms with E-state index in [4.69, 9.17) is 16.6 Å². The summed E-state index contributed by atoms with van der Waals surface area (Å²) in [7, 11) is 2.23. The van der Waals surface area contributed by atoms with Gasteiger partial charge in [-0.2, -0.15) is 15.2 Å². The van der Waals surface area contributed by atoms with E-state index in [1.165, 1.54) is 17.0 Å². The summed E-state index contributed by atoms with van der Waals surface area (Å²) in [5.41, 5.74) is 3.59. The highest BCUT2D eigenvalue weighted by molar-refractivity contribution is 6.52. The number of H-pyrrole nitrogens is 1. The monoisotopic (exact) mass is 463 g/mol. The van der Waals surface area contributed by atoms with Crippen LogP contribution in [0.2, 0.25) is 5.02 Å². The van der Waals surface area contributed by atoms with Gasteiger partial charge < -0.3 is 9.80 Å². The molecule has 0 radical (unpaired) electrons. The van der Waals surface area contributed by atoms with Crippen LogP contribution in [0.5, 0.6) is 0 Å². The summed E-state index contributed by atoms with van der Waals surface area (Å²) in [6.45, 7) is 4.34. The van der Waals surface area contributed by atoms with Gasteiger partial charge in [0.25, 0.3) is 5.91 Å². The van der Waals surface area contributed by atoms with Gasteiger partial charge in [-0.05, 0) is 48.5 Å². The Morgan fingerprint density at radius 3 is 2.39 bits per heavy atom. The van der Waals surface area contributed by atoms with Crippen LogP contribution in [0, 0.1) is 0 Å². The Balaban J connectivity index is 1.44. The molecule has 2 N–H and O–H groups in total. The number of carbonyl (C=O) groups is 1. The number of likely N-dealkylation sites (N-methyl/N-ethyl adjacent to an activating group) is 1. The molecule has 2 aliphatic rings. The number of hydrogen-bond acceptors (Lipinski definition) is 6. The number of aliphatic imine (C=N–C) groups is 1. The van der Waals surface area contributed by atoms with Gasteiger partial charge in [0.1, 0.15) is 6.33 Å². The molecule has 0 saturated carbocycles. The third-order valence-electron chi connectivity index (χ3n) is 5.83. The first-order valence-corrected chi connectivity index (χ1v) is 11.2. The number of aromatic amines is 1. The lowest BCUT2D eigenvalue weighted by molar-refractivity contribution is -0.880. The molecule has 2 aromatic carbocycles. The van der Waals surface area contributed by atoms with Crippen LogP contribution in [-0.2, 0) is 4.79 Å². The summed E-state index contributed by atoms with van der Waals surface area (Å²) < 4.78 is 0. The molecule has 0 bridgehead atoms. The number of aromatic nitrogens is 3. The first-order chi connectivity index (χ1) is 16.1. The summed E-state index contributed by atoms with van der Waals surface area (Å²) in [4.78, 5) is 25.9. The summed E-state index contributed by atoms with van der Waals surface area (Å²) in [6.07, 6.45) is 1.50. The van der Waals surface area contributed by atoms with Crippen molar-refractivity contribution < 1.29 is 9.69 Å². The molecular weight excluding hydrogens is 440 g/mol. The summed E-state index contributed by atoms with van der Waals surface area (Å²) in [6, 6.07) is 15.1. The lowest BCUT2D eigenvalue weighted by Gasteiger charge is -2.31. The van der Waals surface area contributed by atoms with Crippen molar-refractivity contribution in [2.45, 2.75) is 6.42 Å². The van der Waals surface area contributed by atoms with Crippen molar-refractivity contribution in [1.82, 2.24) is 15.2 Å². The van der Waals surface area contributed by atoms with Crippen molar-refractivity contribution in [3.8, 4) is 0 Å². The largest absolute Gasteiger partial charge is 0.360 e. The fourth-order valence-corrected chi connectivity index (χ4v) is 4.06. The Bertz CT molecular complexity index is 1180. The van der Waals surface area contributed by atoms with Crippen LogP contribution in [0.3, 0.4) is 0 Å². The van der Waals surface area contributed by atoms with Crippen LogP contribution in [0.1, 0.15) is 12.2 Å². The number of nitrogens with one attached hydrogen (secondary N) is 2. The van der Waals surface area contributed by atoms with Crippen LogP contribution in [0.25, 0.3) is 0 Å². The average molecular weight is 464 g/mol. The highest BCUT2D eigenvalue weighted by Crippen LogP contribution is 2.25. The number of anilines is 2. The fraction of sp³-hybridized carbons (Fsp3) is 0.261. The van der Waals surface area contributed by atoms with Crippen molar-refractivity contribution in [2.24, 2.45) is 10.1 Å². The molecule has 1 aromatic heterocycles. The maximum Gasteiger partial charge on any atom is 0.253 e. The van der Waals surface area contributed by atoms with Crippen molar-refractivity contribution in [3.05, 3.63) is 65.7 Å². The molecular formula is C23H24ClN8O+. The first kappa shape index (κ1) is 21.3. The van der Waals surface area contributed by atoms with Crippen LogP contribution in [0.4, 0.5) is 17.1 Å². The van der Waals surface area contributed by atoms with Gasteiger partial charge in [-0.25, -0.2) is 4.98 Å². The van der Waals surface area contributed by atoms with Gasteiger partial charge in [-0.3, -0.25) is 14.9 Å². The smallest absolute Gasteiger partial charge is 0.253 e. The third-order valence-corrected chi connectivity index (χ3v) is 6.09. The molecule has 1 saturated heterocycles. The van der Waals surface area contributed by atoms with Crippen molar-refractivity contribution in [1.29, 1.82) is 0 Å². The molecule has 3 aromatic rings. The molecule has 33 heavy (non-hydrogen) atoms. The van der Waals surface area contributed by atoms with Gasteiger partial charge in [0.2, 0.25) is 0 Å². The van der Waals surface area contributed by atoms with E-state index in [1.54, 1.807) is 29.2 Å². The predicted octanol–water partition coefficient (Wildman–Crippen LogP) is 1.71. The normalized spacial score (nSPS) is 18.7. The highest BCUT2D eigenvalue weighted by Gasteiger charge is 2.29. The number of quaternary nitrogens is 1. The van der Waals surface area contributed by atoms with Gasteiger partial charge in [-0.15, -0.1) is 0 Å². The number of carbonyl (C=O) groups excluding carboxylic acids is 1. The van der Waals surface area contributed by atoms with E-state index in [0.29, 0.717) is 28.0 Å². The second kappa shape index (κ2) is 9.13. The molecule has 1 amide bonds. The van der Waals surface area contributed by atoms with Gasteiger partial charge in [-0.1, -0.05) is 11.6 Å². The standard InChI is InChI=1S/C23H23ClN8O/c1-30-10-12-31(13-11-30)18-8-4-17(5-9-18)27-20-14-21(33)32(19-6-2-16(24)3-7-19)29-22(20)23-25-15-26-28-23/h2-9,15H,10-14H2,1H3,(H,25,26,28)/p+1. The topological polar surface area (TPSA) is 94.3 Å². The first-order valence-electron chi connectivity index (χ1n) is 10.8. The lowest BCUT2D eigenvalue weighted by Crippen LogP contribution is -3.12. The fourth-order valence-electron chi connectivity index (χ4n) is 3.94. The zero-order chi connectivity index (χ0) is 22.8. The second-order valence-electron chi connectivity index (χ2n) is 8.16. The minimum absolute atomic E-state index is 0.0884. The number of rotatable bonds is 4. The summed E-state index contributed by atoms with van der Waals surface area (Å²) in [5, 5.41) is 13.3. The number of halogens is 1. The summed E-state index contributed by atoms with van der Waals surface area (Å²) >= 11 is 5.99. The number of hydrogen-bond donors (Lipinski definition) is 2. The Kier molecular flexibility index (Phi) is 5.89. The van der Waals surface area contributed by atoms with E-state index in [0.717, 1.165) is 31.9 Å². The van der Waals surface area contributed by atoms with E-state index >= 15 is 0 Å². The Morgan fingerprint density at radius 1 is 1.03 bits per heavy atom. The quantitative estimate of drug-likeness (QED) is 0.616. The minimum atomic E-state index is -0.184. The van der Waals surface area contributed by atoms with Gasteiger partial charge in [0.15, 0.2) is 11.5 Å². The van der Waals surface area contributed by atoms with Gasteiger partial charge in [0, 0.05) is 10.7 Å². The van der Waals surface area contributed by atoms with E-state index in [2.05, 4.69) is 44.4 Å². The molecule has 0 aliphatic carbocycles. The van der Waals surface area contributed by atoms with Crippen molar-refractivity contribution in [2.75, 3.05) is 43.1 Å². The number of benzene rings is 2. The SMILES string of the molecule is C[NH+]1CCN(c2ccc(N=C3CC(=O)N(c4ccc(Cl)cc4)N=C3c3ncn[nH]3)cc2)CC1. The molecule has 0 unspecified atom stereocenters. The van der Waals surface area contributed by atoms with E-state index < -0.39 is 0 Å². The average Bonchev–Trinajstić information content (AvgIpc) is 3.36. The minimum Gasteiger partial charge on any atom is -0.360 e. The Hall–Kier alpha value is -3.56. The zero-order valence-electron chi connectivity index (χ0n) is 18.2.